The van der Waals surface area contributed by atoms with Gasteiger partial charge in [0.2, 0.25) is 0 Å². The van der Waals surface area contributed by atoms with Gasteiger partial charge < -0.3 is 9.47 Å². The van der Waals surface area contributed by atoms with Gasteiger partial charge in [0.05, 0.1) is 28.6 Å². The zero-order chi connectivity index (χ0) is 26.5. The van der Waals surface area contributed by atoms with Gasteiger partial charge in [0.1, 0.15) is 12.4 Å². The van der Waals surface area contributed by atoms with Crippen LogP contribution in [0.3, 0.4) is 0 Å². The number of non-ortho nitro benzene ring substituents is 1. The molecule has 0 amide bonds. The van der Waals surface area contributed by atoms with E-state index in [-0.39, 0.29) is 17.9 Å². The quantitative estimate of drug-likeness (QED) is 0.123. The van der Waals surface area contributed by atoms with Crippen LogP contribution in [0.5, 0.6) is 11.5 Å². The molecule has 1 aromatic heterocycles. The number of nitro benzene ring substituents is 1. The standard InChI is InChI=1S/C26H22Br2N4O5/c1-3-25-30-22-9-8-18(27)12-20(22)26(33)31(25)29-14-17-11-23(36-4-2)24(13-21(17)28)37-15-16-6-5-7-19(10-16)32(34)35/h5-14H,3-4,15H2,1-2H3. The van der Waals surface area contributed by atoms with Crippen molar-refractivity contribution >= 4 is 54.7 Å². The third-order valence-corrected chi connectivity index (χ3v) is 6.56. The first-order valence-electron chi connectivity index (χ1n) is 11.4. The van der Waals surface area contributed by atoms with Crippen LogP contribution >= 0.6 is 31.9 Å². The van der Waals surface area contributed by atoms with E-state index in [0.717, 1.165) is 4.47 Å². The Bertz CT molecular complexity index is 1570. The smallest absolute Gasteiger partial charge is 0.282 e. The molecule has 11 heteroatoms. The summed E-state index contributed by atoms with van der Waals surface area (Å²) in [6, 6.07) is 15.1. The fraction of sp³-hybridized carbons (Fsp3) is 0.192. The highest BCUT2D eigenvalue weighted by atomic mass is 79.9. The molecule has 190 valence electrons. The molecule has 0 radical (unpaired) electrons. The zero-order valence-corrected chi connectivity index (χ0v) is 23.2. The number of aryl methyl sites for hydroxylation is 1. The van der Waals surface area contributed by atoms with Crippen molar-refractivity contribution in [1.29, 1.82) is 0 Å². The Morgan fingerprint density at radius 1 is 1.08 bits per heavy atom. The summed E-state index contributed by atoms with van der Waals surface area (Å²) in [5.41, 5.74) is 1.66. The lowest BCUT2D eigenvalue weighted by Gasteiger charge is -2.14. The molecule has 1 heterocycles. The summed E-state index contributed by atoms with van der Waals surface area (Å²) < 4.78 is 14.4. The van der Waals surface area contributed by atoms with Gasteiger partial charge in [0.15, 0.2) is 11.5 Å². The summed E-state index contributed by atoms with van der Waals surface area (Å²) in [5.74, 6) is 1.47. The third-order valence-electron chi connectivity index (χ3n) is 5.38. The van der Waals surface area contributed by atoms with Crippen molar-refractivity contribution < 1.29 is 14.4 Å². The molecule has 0 saturated carbocycles. The molecule has 9 nitrogen and oxygen atoms in total. The van der Waals surface area contributed by atoms with Crippen LogP contribution in [0.4, 0.5) is 5.69 Å². The van der Waals surface area contributed by atoms with Crippen LogP contribution in [-0.2, 0) is 13.0 Å². The van der Waals surface area contributed by atoms with Crippen LogP contribution in [-0.4, -0.2) is 27.4 Å². The topological polar surface area (TPSA) is 109 Å². The molecule has 0 spiro atoms. The van der Waals surface area contributed by atoms with Crippen molar-refractivity contribution in [3.8, 4) is 11.5 Å². The Labute approximate surface area is 229 Å². The number of halogens is 2. The zero-order valence-electron chi connectivity index (χ0n) is 20.0. The van der Waals surface area contributed by atoms with Gasteiger partial charge in [-0.1, -0.05) is 35.0 Å². The summed E-state index contributed by atoms with van der Waals surface area (Å²) in [6.07, 6.45) is 2.08. The fourth-order valence-electron chi connectivity index (χ4n) is 3.61. The second-order valence-electron chi connectivity index (χ2n) is 7.87. The summed E-state index contributed by atoms with van der Waals surface area (Å²) >= 11 is 6.94. The number of benzene rings is 3. The SMILES string of the molecule is CCOc1cc(C=Nn2c(CC)nc3ccc(Br)cc3c2=O)c(Br)cc1OCc1cccc([N+](=O)[O-])c1. The number of fused-ring (bicyclic) bond motifs is 1. The first-order valence-corrected chi connectivity index (χ1v) is 13.0. The Morgan fingerprint density at radius 3 is 2.59 bits per heavy atom. The first-order chi connectivity index (χ1) is 17.8. The Kier molecular flexibility index (Phi) is 8.34. The number of hydrogen-bond donors (Lipinski definition) is 0. The summed E-state index contributed by atoms with van der Waals surface area (Å²) in [4.78, 5) is 28.4. The normalized spacial score (nSPS) is 11.2. The number of hydrogen-bond acceptors (Lipinski definition) is 7. The minimum atomic E-state index is -0.445. The molecule has 0 bridgehead atoms. The van der Waals surface area contributed by atoms with Gasteiger partial charge in [-0.25, -0.2) is 4.98 Å². The van der Waals surface area contributed by atoms with E-state index in [1.165, 1.54) is 16.8 Å². The lowest BCUT2D eigenvalue weighted by atomic mass is 10.2. The van der Waals surface area contributed by atoms with Crippen LogP contribution in [0.2, 0.25) is 0 Å². The molecule has 0 aliphatic rings. The van der Waals surface area contributed by atoms with E-state index in [9.17, 15) is 14.9 Å². The fourth-order valence-corrected chi connectivity index (χ4v) is 4.40. The predicted molar refractivity (Wildman–Crippen MR) is 149 cm³/mol. The molecule has 0 aliphatic carbocycles. The van der Waals surface area contributed by atoms with Gasteiger partial charge in [-0.15, -0.1) is 0 Å². The number of ether oxygens (including phenoxy) is 2. The molecule has 37 heavy (non-hydrogen) atoms. The molecule has 3 aromatic carbocycles. The molecule has 0 aliphatic heterocycles. The van der Waals surface area contributed by atoms with Gasteiger partial charge in [0, 0.05) is 33.1 Å². The van der Waals surface area contributed by atoms with Crippen molar-refractivity contribution in [2.45, 2.75) is 26.9 Å². The maximum atomic E-state index is 13.2. The van der Waals surface area contributed by atoms with Crippen LogP contribution < -0.4 is 15.0 Å². The van der Waals surface area contributed by atoms with E-state index in [4.69, 9.17) is 9.47 Å². The molecule has 0 fully saturated rings. The minimum Gasteiger partial charge on any atom is -0.490 e. The van der Waals surface area contributed by atoms with Gasteiger partial charge in [0.25, 0.3) is 11.2 Å². The number of nitrogens with zero attached hydrogens (tertiary/aromatic N) is 4. The summed E-state index contributed by atoms with van der Waals surface area (Å²) in [6.45, 7) is 4.28. The average Bonchev–Trinajstić information content (AvgIpc) is 2.89. The number of nitro groups is 1. The first kappa shape index (κ1) is 26.5. The minimum absolute atomic E-state index is 0.00361. The lowest BCUT2D eigenvalue weighted by molar-refractivity contribution is -0.384. The Balaban J connectivity index is 1.66. The van der Waals surface area contributed by atoms with Gasteiger partial charge in [-0.2, -0.15) is 9.78 Å². The maximum absolute atomic E-state index is 13.2. The lowest BCUT2D eigenvalue weighted by Crippen LogP contribution is -2.22. The van der Waals surface area contributed by atoms with E-state index in [0.29, 0.717) is 56.9 Å². The summed E-state index contributed by atoms with van der Waals surface area (Å²) in [5, 5.41) is 16.0. The molecule has 4 rings (SSSR count). The van der Waals surface area contributed by atoms with Crippen molar-refractivity contribution in [3.05, 3.63) is 101 Å². The van der Waals surface area contributed by atoms with Crippen LogP contribution in [0.15, 0.2) is 73.4 Å². The largest absolute Gasteiger partial charge is 0.490 e. The predicted octanol–water partition coefficient (Wildman–Crippen LogP) is 6.25. The summed E-state index contributed by atoms with van der Waals surface area (Å²) in [7, 11) is 0. The highest BCUT2D eigenvalue weighted by Crippen LogP contribution is 2.34. The van der Waals surface area contributed by atoms with Crippen LogP contribution in [0.1, 0.15) is 30.8 Å². The van der Waals surface area contributed by atoms with Crippen molar-refractivity contribution in [2.24, 2.45) is 5.10 Å². The van der Waals surface area contributed by atoms with E-state index >= 15 is 0 Å². The number of rotatable bonds is 9. The third kappa shape index (κ3) is 6.05. The van der Waals surface area contributed by atoms with Crippen molar-refractivity contribution in [1.82, 2.24) is 9.66 Å². The second-order valence-corrected chi connectivity index (χ2v) is 9.64. The van der Waals surface area contributed by atoms with Gasteiger partial charge in [-0.05, 0) is 58.7 Å². The maximum Gasteiger partial charge on any atom is 0.282 e. The molecule has 0 N–H and O–H groups in total. The molecule has 0 atom stereocenters. The van der Waals surface area contributed by atoms with Crippen LogP contribution in [0.25, 0.3) is 10.9 Å². The van der Waals surface area contributed by atoms with E-state index in [2.05, 4.69) is 41.9 Å². The molecule has 0 unspecified atom stereocenters. The van der Waals surface area contributed by atoms with E-state index in [1.807, 2.05) is 19.9 Å². The molecular weight excluding hydrogens is 608 g/mol. The van der Waals surface area contributed by atoms with Crippen LogP contribution in [0, 0.1) is 10.1 Å². The average molecular weight is 630 g/mol. The van der Waals surface area contributed by atoms with Gasteiger partial charge in [-0.3, -0.25) is 14.9 Å². The van der Waals surface area contributed by atoms with Gasteiger partial charge >= 0.3 is 0 Å². The van der Waals surface area contributed by atoms with Crippen molar-refractivity contribution in [2.75, 3.05) is 6.61 Å². The van der Waals surface area contributed by atoms with E-state index in [1.54, 1.807) is 42.6 Å². The Morgan fingerprint density at radius 2 is 1.86 bits per heavy atom. The Hall–Kier alpha value is -3.57. The van der Waals surface area contributed by atoms with E-state index < -0.39 is 4.92 Å². The molecular formula is C26H22Br2N4O5. The molecule has 0 saturated heterocycles. The van der Waals surface area contributed by atoms with Crippen molar-refractivity contribution in [3.63, 3.8) is 0 Å². The highest BCUT2D eigenvalue weighted by Gasteiger charge is 2.13. The monoisotopic (exact) mass is 628 g/mol. The number of aromatic nitrogens is 2. The highest BCUT2D eigenvalue weighted by molar-refractivity contribution is 9.10. The molecule has 4 aromatic rings. The second kappa shape index (κ2) is 11.7.